The number of nitrogens with one attached hydrogen (secondary N) is 1. The molecule has 15 heavy (non-hydrogen) atoms. The molecule has 86 valence electrons. The zero-order valence-electron chi connectivity index (χ0n) is 9.63. The first-order chi connectivity index (χ1) is 7.26. The van der Waals surface area contributed by atoms with Crippen molar-refractivity contribution in [1.29, 1.82) is 0 Å². The molecule has 0 amide bonds. The van der Waals surface area contributed by atoms with Crippen molar-refractivity contribution in [1.82, 2.24) is 5.32 Å². The SMILES string of the molecule is CC.CNC(CO)Cc1ccc(F)cc1. The van der Waals surface area contributed by atoms with Crippen molar-refractivity contribution < 1.29 is 9.50 Å². The molecule has 1 rings (SSSR count). The number of rotatable bonds is 4. The van der Waals surface area contributed by atoms with Gasteiger partial charge in [0.2, 0.25) is 0 Å². The topological polar surface area (TPSA) is 32.3 Å². The molecule has 2 N–H and O–H groups in total. The number of aliphatic hydroxyl groups is 1. The van der Waals surface area contributed by atoms with E-state index in [1.54, 1.807) is 19.2 Å². The molecule has 0 bridgehead atoms. The third kappa shape index (κ3) is 5.50. The quantitative estimate of drug-likeness (QED) is 0.801. The molecule has 0 radical (unpaired) electrons. The first-order valence-corrected chi connectivity index (χ1v) is 5.29. The van der Waals surface area contributed by atoms with Gasteiger partial charge in [-0.25, -0.2) is 4.39 Å². The van der Waals surface area contributed by atoms with Crippen LogP contribution >= 0.6 is 0 Å². The lowest BCUT2D eigenvalue weighted by Crippen LogP contribution is -2.31. The van der Waals surface area contributed by atoms with Gasteiger partial charge in [-0.1, -0.05) is 26.0 Å². The van der Waals surface area contributed by atoms with Crippen LogP contribution in [0.15, 0.2) is 24.3 Å². The lowest BCUT2D eigenvalue weighted by molar-refractivity contribution is 0.248. The Morgan fingerprint density at radius 3 is 2.20 bits per heavy atom. The molecule has 0 heterocycles. The highest BCUT2D eigenvalue weighted by Gasteiger charge is 2.04. The third-order valence-corrected chi connectivity index (χ3v) is 2.02. The van der Waals surface area contributed by atoms with Crippen LogP contribution in [0.4, 0.5) is 4.39 Å². The van der Waals surface area contributed by atoms with Crippen LogP contribution in [-0.4, -0.2) is 24.8 Å². The van der Waals surface area contributed by atoms with Crippen LogP contribution < -0.4 is 5.32 Å². The smallest absolute Gasteiger partial charge is 0.123 e. The van der Waals surface area contributed by atoms with Gasteiger partial charge >= 0.3 is 0 Å². The summed E-state index contributed by atoms with van der Waals surface area (Å²) >= 11 is 0. The Balaban J connectivity index is 0.000000921. The van der Waals surface area contributed by atoms with Gasteiger partial charge < -0.3 is 10.4 Å². The van der Waals surface area contributed by atoms with Crippen LogP contribution in [-0.2, 0) is 6.42 Å². The largest absolute Gasteiger partial charge is 0.395 e. The highest BCUT2D eigenvalue weighted by Crippen LogP contribution is 2.05. The van der Waals surface area contributed by atoms with Crippen molar-refractivity contribution in [2.45, 2.75) is 26.3 Å². The molecular formula is C12H20FNO. The van der Waals surface area contributed by atoms with Crippen LogP contribution in [0.5, 0.6) is 0 Å². The second kappa shape index (κ2) is 8.38. The second-order valence-corrected chi connectivity index (χ2v) is 3.00. The predicted octanol–water partition coefficient (Wildman–Crippen LogP) is 1.97. The van der Waals surface area contributed by atoms with Crippen molar-refractivity contribution in [2.24, 2.45) is 0 Å². The van der Waals surface area contributed by atoms with Crippen molar-refractivity contribution in [3.05, 3.63) is 35.6 Å². The van der Waals surface area contributed by atoms with E-state index in [-0.39, 0.29) is 18.5 Å². The molecule has 0 spiro atoms. The summed E-state index contributed by atoms with van der Waals surface area (Å²) in [6, 6.07) is 6.37. The molecule has 3 heteroatoms. The van der Waals surface area contributed by atoms with E-state index < -0.39 is 0 Å². The number of benzene rings is 1. The van der Waals surface area contributed by atoms with E-state index in [2.05, 4.69) is 5.32 Å². The first-order valence-electron chi connectivity index (χ1n) is 5.29. The summed E-state index contributed by atoms with van der Waals surface area (Å²) in [6.45, 7) is 4.09. The summed E-state index contributed by atoms with van der Waals surface area (Å²) in [5.41, 5.74) is 1.02. The van der Waals surface area contributed by atoms with Crippen LogP contribution in [0, 0.1) is 5.82 Å². The van der Waals surface area contributed by atoms with Crippen LogP contribution in [0.1, 0.15) is 19.4 Å². The monoisotopic (exact) mass is 213 g/mol. The summed E-state index contributed by atoms with van der Waals surface area (Å²) in [6.07, 6.45) is 0.716. The normalized spacial score (nSPS) is 11.5. The van der Waals surface area contributed by atoms with Gasteiger partial charge in [-0.2, -0.15) is 0 Å². The Hall–Kier alpha value is -0.930. The zero-order valence-corrected chi connectivity index (χ0v) is 9.63. The van der Waals surface area contributed by atoms with Gasteiger partial charge in [-0.15, -0.1) is 0 Å². The molecule has 1 aromatic carbocycles. The third-order valence-electron chi connectivity index (χ3n) is 2.02. The van der Waals surface area contributed by atoms with Gasteiger partial charge in [-0.3, -0.25) is 0 Å². The standard InChI is InChI=1S/C10H14FNO.C2H6/c1-12-10(7-13)6-8-2-4-9(11)5-3-8;1-2/h2-5,10,12-13H,6-7H2,1H3;1-2H3. The fraction of sp³-hybridized carbons (Fsp3) is 0.500. The van der Waals surface area contributed by atoms with E-state index in [1.165, 1.54) is 12.1 Å². The van der Waals surface area contributed by atoms with E-state index in [1.807, 2.05) is 13.8 Å². The molecule has 1 unspecified atom stereocenters. The Morgan fingerprint density at radius 2 is 1.80 bits per heavy atom. The van der Waals surface area contributed by atoms with Crippen molar-refractivity contribution in [2.75, 3.05) is 13.7 Å². The Bertz CT molecular complexity index is 244. The number of hydrogen-bond acceptors (Lipinski definition) is 2. The molecule has 0 aliphatic carbocycles. The minimum atomic E-state index is -0.228. The van der Waals surface area contributed by atoms with E-state index >= 15 is 0 Å². The number of hydrogen-bond donors (Lipinski definition) is 2. The minimum Gasteiger partial charge on any atom is -0.395 e. The van der Waals surface area contributed by atoms with Gasteiger partial charge in [-0.05, 0) is 31.2 Å². The van der Waals surface area contributed by atoms with E-state index in [9.17, 15) is 4.39 Å². The molecule has 0 fully saturated rings. The van der Waals surface area contributed by atoms with Crippen LogP contribution in [0.2, 0.25) is 0 Å². The van der Waals surface area contributed by atoms with Gasteiger partial charge in [0.1, 0.15) is 5.82 Å². The first kappa shape index (κ1) is 14.1. The van der Waals surface area contributed by atoms with Crippen molar-refractivity contribution in [3.63, 3.8) is 0 Å². The summed E-state index contributed by atoms with van der Waals surface area (Å²) in [4.78, 5) is 0. The van der Waals surface area contributed by atoms with Gasteiger partial charge in [0.05, 0.1) is 6.61 Å². The maximum atomic E-state index is 12.5. The predicted molar refractivity (Wildman–Crippen MR) is 61.4 cm³/mol. The van der Waals surface area contributed by atoms with E-state index in [4.69, 9.17) is 5.11 Å². The molecule has 0 aromatic heterocycles. The molecular weight excluding hydrogens is 193 g/mol. The van der Waals surface area contributed by atoms with Crippen molar-refractivity contribution in [3.8, 4) is 0 Å². The summed E-state index contributed by atoms with van der Waals surface area (Å²) in [5, 5.41) is 11.9. The molecule has 0 aliphatic rings. The van der Waals surface area contributed by atoms with Crippen LogP contribution in [0.25, 0.3) is 0 Å². The molecule has 0 saturated carbocycles. The molecule has 1 aromatic rings. The lowest BCUT2D eigenvalue weighted by atomic mass is 10.1. The summed E-state index contributed by atoms with van der Waals surface area (Å²) in [5.74, 6) is -0.228. The number of likely N-dealkylation sites (N-methyl/N-ethyl adjacent to an activating group) is 1. The highest BCUT2D eigenvalue weighted by molar-refractivity contribution is 5.17. The Kier molecular flexibility index (Phi) is 7.86. The van der Waals surface area contributed by atoms with E-state index in [0.29, 0.717) is 6.42 Å². The average Bonchev–Trinajstić information content (AvgIpc) is 2.31. The fourth-order valence-electron chi connectivity index (χ4n) is 1.16. The van der Waals surface area contributed by atoms with Crippen LogP contribution in [0.3, 0.4) is 0 Å². The van der Waals surface area contributed by atoms with Gasteiger partial charge in [0.15, 0.2) is 0 Å². The second-order valence-electron chi connectivity index (χ2n) is 3.00. The molecule has 1 atom stereocenters. The van der Waals surface area contributed by atoms with Crippen molar-refractivity contribution >= 4 is 0 Å². The maximum Gasteiger partial charge on any atom is 0.123 e. The Morgan fingerprint density at radius 1 is 1.27 bits per heavy atom. The molecule has 0 aliphatic heterocycles. The van der Waals surface area contributed by atoms with Gasteiger partial charge in [0.25, 0.3) is 0 Å². The summed E-state index contributed by atoms with van der Waals surface area (Å²) < 4.78 is 12.5. The van der Waals surface area contributed by atoms with Gasteiger partial charge in [0, 0.05) is 6.04 Å². The highest BCUT2D eigenvalue weighted by atomic mass is 19.1. The molecule has 0 saturated heterocycles. The average molecular weight is 213 g/mol. The zero-order chi connectivity index (χ0) is 11.7. The summed E-state index contributed by atoms with van der Waals surface area (Å²) in [7, 11) is 1.80. The van der Waals surface area contributed by atoms with E-state index in [0.717, 1.165) is 5.56 Å². The number of aliphatic hydroxyl groups excluding tert-OH is 1. The molecule has 2 nitrogen and oxygen atoms in total. The lowest BCUT2D eigenvalue weighted by Gasteiger charge is -2.12. The Labute approximate surface area is 91.1 Å². The minimum absolute atomic E-state index is 0.0467. The fourth-order valence-corrected chi connectivity index (χ4v) is 1.16. The number of halogens is 1. The maximum absolute atomic E-state index is 12.5.